The van der Waals surface area contributed by atoms with Crippen LogP contribution in [0, 0.1) is 11.3 Å². The van der Waals surface area contributed by atoms with Gasteiger partial charge in [-0.3, -0.25) is 4.79 Å². The van der Waals surface area contributed by atoms with Gasteiger partial charge in [-0.2, -0.15) is 4.31 Å². The lowest BCUT2D eigenvalue weighted by atomic mass is 9.87. The van der Waals surface area contributed by atoms with E-state index in [1.807, 2.05) is 44.2 Å². The highest BCUT2D eigenvalue weighted by molar-refractivity contribution is 7.89. The Kier molecular flexibility index (Phi) is 14.1. The molecule has 0 saturated carbocycles. The molecule has 4 amide bonds. The summed E-state index contributed by atoms with van der Waals surface area (Å²) >= 11 is 0. The Bertz CT molecular complexity index is 1560. The molecule has 5 atom stereocenters. The number of carbonyl (C=O) groups excluding carboxylic acids is 3. The topological polar surface area (TPSA) is 199 Å². The fourth-order valence-corrected chi connectivity index (χ4v) is 8.28. The molecule has 0 spiro atoms. The first kappa shape index (κ1) is 39.8. The number of methoxy groups -OCH3 is 1. The summed E-state index contributed by atoms with van der Waals surface area (Å²) in [5, 5.41) is 32.5. The number of urea groups is 1. The second-order valence-corrected chi connectivity index (χ2v) is 15.6. The number of rotatable bonds is 18. The molecule has 4 rings (SSSR count). The second-order valence-electron chi connectivity index (χ2n) is 13.6. The molecule has 2 heterocycles. The van der Waals surface area contributed by atoms with E-state index in [1.54, 1.807) is 0 Å². The number of ether oxygens (including phenoxy) is 3. The summed E-state index contributed by atoms with van der Waals surface area (Å²) in [6, 6.07) is 12.8. The minimum absolute atomic E-state index is 0.0211. The predicted octanol–water partition coefficient (Wildman–Crippen LogP) is 0.916. The van der Waals surface area contributed by atoms with Crippen molar-refractivity contribution in [3.05, 3.63) is 60.2 Å². The van der Waals surface area contributed by atoms with Crippen molar-refractivity contribution >= 4 is 28.1 Å². The molecule has 0 aromatic heterocycles. The average molecular weight is 733 g/mol. The van der Waals surface area contributed by atoms with Crippen molar-refractivity contribution in [2.45, 2.75) is 68.9 Å². The lowest BCUT2D eigenvalue weighted by Crippen LogP contribution is -2.61. The van der Waals surface area contributed by atoms with Gasteiger partial charge in [0.15, 0.2) is 6.29 Å². The van der Waals surface area contributed by atoms with Crippen molar-refractivity contribution < 1.29 is 47.2 Å². The van der Waals surface area contributed by atoms with Crippen LogP contribution in [0.5, 0.6) is 5.75 Å². The molecule has 2 aromatic rings. The quantitative estimate of drug-likeness (QED) is 0.160. The summed E-state index contributed by atoms with van der Waals surface area (Å²) in [6.45, 7) is 3.88. The van der Waals surface area contributed by atoms with Gasteiger partial charge in [-0.15, -0.1) is 0 Å². The third-order valence-corrected chi connectivity index (χ3v) is 11.2. The molecule has 282 valence electrons. The number of aliphatic hydroxyl groups is 1. The highest BCUT2D eigenvalue weighted by Gasteiger charge is 2.47. The number of benzene rings is 2. The highest BCUT2D eigenvalue weighted by Crippen LogP contribution is 2.36. The maximum absolute atomic E-state index is 14.3. The van der Waals surface area contributed by atoms with Crippen LogP contribution in [-0.4, -0.2) is 119 Å². The molecular formula is C35H50N5O10S-. The van der Waals surface area contributed by atoms with Crippen LogP contribution in [0.15, 0.2) is 59.5 Å². The zero-order valence-corrected chi connectivity index (χ0v) is 30.4. The number of carboxylic acid groups (broad SMARTS) is 1. The summed E-state index contributed by atoms with van der Waals surface area (Å²) in [5.41, 5.74) is 0.0959. The van der Waals surface area contributed by atoms with Gasteiger partial charge in [0.25, 0.3) is 0 Å². The van der Waals surface area contributed by atoms with E-state index in [-0.39, 0.29) is 49.4 Å². The number of sulfonamides is 1. The Balaban J connectivity index is 1.59. The highest BCUT2D eigenvalue weighted by atomic mass is 32.2. The molecule has 4 N–H and O–H groups in total. The average Bonchev–Trinajstić information content (AvgIpc) is 3.74. The van der Waals surface area contributed by atoms with Gasteiger partial charge in [-0.25, -0.2) is 13.2 Å². The molecule has 2 aliphatic rings. The fourth-order valence-electron chi connectivity index (χ4n) is 6.63. The van der Waals surface area contributed by atoms with E-state index >= 15 is 0 Å². The van der Waals surface area contributed by atoms with Gasteiger partial charge in [-0.05, 0) is 60.9 Å². The Hall–Kier alpha value is -3.96. The largest absolute Gasteiger partial charge is 0.530 e. The van der Waals surface area contributed by atoms with Crippen LogP contribution >= 0.6 is 0 Å². The summed E-state index contributed by atoms with van der Waals surface area (Å²) in [7, 11) is -1.29. The second kappa shape index (κ2) is 18.0. The van der Waals surface area contributed by atoms with Gasteiger partial charge in [0.1, 0.15) is 11.8 Å². The Morgan fingerprint density at radius 2 is 1.78 bits per heavy atom. The van der Waals surface area contributed by atoms with E-state index in [1.165, 1.54) is 42.7 Å². The number of amides is 4. The fraction of sp³-hybridized carbons (Fsp3) is 0.571. The first-order valence-electron chi connectivity index (χ1n) is 17.1. The van der Waals surface area contributed by atoms with Crippen LogP contribution in [0.25, 0.3) is 0 Å². The summed E-state index contributed by atoms with van der Waals surface area (Å²) in [5.74, 6) is -0.132. The summed E-state index contributed by atoms with van der Waals surface area (Å²) in [6.07, 6.45) is -1.89. The molecule has 0 radical (unpaired) electrons. The van der Waals surface area contributed by atoms with Crippen LogP contribution in [0.1, 0.15) is 38.7 Å². The van der Waals surface area contributed by atoms with Crippen LogP contribution in [-0.2, 0) is 30.7 Å². The molecule has 2 aliphatic heterocycles. The van der Waals surface area contributed by atoms with Crippen LogP contribution < -0.4 is 25.8 Å². The van der Waals surface area contributed by atoms with Gasteiger partial charge in [-0.1, -0.05) is 44.2 Å². The van der Waals surface area contributed by atoms with Crippen molar-refractivity contribution in [2.24, 2.45) is 11.3 Å². The van der Waals surface area contributed by atoms with E-state index in [9.17, 15) is 33.0 Å². The number of nitrogens with zero attached hydrogens (tertiary/aromatic N) is 2. The van der Waals surface area contributed by atoms with Crippen molar-refractivity contribution in [3.8, 4) is 5.75 Å². The van der Waals surface area contributed by atoms with Crippen LogP contribution in [0.4, 0.5) is 9.59 Å². The van der Waals surface area contributed by atoms with E-state index in [0.29, 0.717) is 31.6 Å². The molecule has 15 nitrogen and oxygen atoms in total. The number of carbonyl (C=O) groups is 3. The van der Waals surface area contributed by atoms with Gasteiger partial charge < -0.3 is 50.1 Å². The number of nitrogens with one attached hydrogen (secondary N) is 3. The number of hydrogen-bond donors (Lipinski definition) is 4. The van der Waals surface area contributed by atoms with Gasteiger partial charge >= 0.3 is 6.03 Å². The number of hydrogen-bond acceptors (Lipinski definition) is 10. The smallest absolute Gasteiger partial charge is 0.315 e. The van der Waals surface area contributed by atoms with Crippen LogP contribution in [0.3, 0.4) is 0 Å². The van der Waals surface area contributed by atoms with E-state index < -0.39 is 58.6 Å². The minimum atomic E-state index is -4.23. The Morgan fingerprint density at radius 1 is 1.08 bits per heavy atom. The van der Waals surface area contributed by atoms with Crippen molar-refractivity contribution in [1.82, 2.24) is 25.2 Å². The predicted molar refractivity (Wildman–Crippen MR) is 185 cm³/mol. The maximum Gasteiger partial charge on any atom is 0.315 e. The molecule has 0 bridgehead atoms. The minimum Gasteiger partial charge on any atom is -0.530 e. The maximum atomic E-state index is 14.3. The Morgan fingerprint density at radius 3 is 2.43 bits per heavy atom. The van der Waals surface area contributed by atoms with Gasteiger partial charge in [0.05, 0.1) is 50.0 Å². The summed E-state index contributed by atoms with van der Waals surface area (Å²) < 4.78 is 46.4. The molecule has 51 heavy (non-hydrogen) atoms. The van der Waals surface area contributed by atoms with Crippen molar-refractivity contribution in [3.63, 3.8) is 0 Å². The number of likely N-dealkylation sites (N-methyl/N-ethyl adjacent to an activating group) is 1. The number of fused-ring (bicyclic) bond motifs is 1. The molecule has 16 heteroatoms. The monoisotopic (exact) mass is 732 g/mol. The molecule has 2 fully saturated rings. The van der Waals surface area contributed by atoms with Crippen molar-refractivity contribution in [2.75, 3.05) is 53.6 Å². The van der Waals surface area contributed by atoms with Crippen LogP contribution in [0.2, 0.25) is 0 Å². The molecule has 2 aromatic carbocycles. The van der Waals surface area contributed by atoms with E-state index in [2.05, 4.69) is 16.0 Å². The van der Waals surface area contributed by atoms with Crippen molar-refractivity contribution in [1.29, 1.82) is 0 Å². The first-order valence-corrected chi connectivity index (χ1v) is 18.5. The standard InChI is InChI=1S/C35H51N5O10S/c1-35(2,16-8-17-37-33(43)38-20-31(42)36-3)23-39(51(46,47)26-13-11-25(48-4)12-14-26)21-30(41)28(19-24-9-6-5-7-10-24)40(34(44)45)29-22-50-32-27(29)15-18-49-32/h5-7,9-14,27-30,32,41H,8,15-23H2,1-4H3,(H,36,42)(H,44,45)(H2,37,38,43)/p-1/t27-,28-,29-,30+,32+/m0/s1. The zero-order chi connectivity index (χ0) is 37.2. The zero-order valence-electron chi connectivity index (χ0n) is 29.6. The lowest BCUT2D eigenvalue weighted by molar-refractivity contribution is -0.273. The molecular weight excluding hydrogens is 682 g/mol. The molecule has 0 unspecified atom stereocenters. The van der Waals surface area contributed by atoms with Gasteiger partial charge in [0, 0.05) is 32.6 Å². The normalized spacial score (nSPS) is 19.9. The Labute approximate surface area is 299 Å². The van der Waals surface area contributed by atoms with E-state index in [4.69, 9.17) is 14.2 Å². The van der Waals surface area contributed by atoms with Gasteiger partial charge in [0.2, 0.25) is 15.9 Å². The number of aliphatic hydroxyl groups excluding tert-OH is 1. The molecule has 0 aliphatic carbocycles. The molecule has 2 saturated heterocycles. The van der Waals surface area contributed by atoms with E-state index in [0.717, 1.165) is 10.5 Å². The summed E-state index contributed by atoms with van der Waals surface area (Å²) in [4.78, 5) is 37.5. The third-order valence-electron chi connectivity index (χ3n) is 9.36. The first-order chi connectivity index (χ1) is 24.3. The lowest BCUT2D eigenvalue weighted by Gasteiger charge is -2.43. The third kappa shape index (κ3) is 10.8. The SMILES string of the molecule is CNC(=O)CNC(=O)NCCCC(C)(C)CN(C[C@@H](O)[C@H](Cc1ccccc1)N(C(=O)[O-])[C@H]1CO[C@H]2OCC[C@H]21)S(=O)(=O)c1ccc(OC)cc1.